The molecule has 170 valence electrons. The Morgan fingerprint density at radius 3 is 0.750 bits per heavy atom. The third-order valence-corrected chi connectivity index (χ3v) is 2.02. The van der Waals surface area contributed by atoms with Crippen molar-refractivity contribution < 1.29 is 51.7 Å². The summed E-state index contributed by atoms with van der Waals surface area (Å²) in [5, 5.41) is 0. The molecule has 0 N–H and O–H groups in total. The van der Waals surface area contributed by atoms with Gasteiger partial charge in [0.05, 0.1) is 0 Å². The second-order valence-electron chi connectivity index (χ2n) is 4.62. The molecule has 0 aromatic carbocycles. The fraction of sp³-hybridized carbons (Fsp3) is 0.433. The fourth-order valence-corrected chi connectivity index (χ4v) is 0.687. The summed E-state index contributed by atoms with van der Waals surface area (Å²) >= 11 is 0. The Labute approximate surface area is 243 Å². The summed E-state index contributed by atoms with van der Waals surface area (Å²) in [7, 11) is 0. The van der Waals surface area contributed by atoms with Gasteiger partial charge in [0.25, 0.3) is 0 Å². The van der Waals surface area contributed by atoms with E-state index in [0.717, 1.165) is 25.7 Å². The molecule has 0 unspecified atom stereocenters. The van der Waals surface area contributed by atoms with E-state index in [4.69, 9.17) is 19.3 Å². The number of hydrogen-bond acceptors (Lipinski definition) is 0. The van der Waals surface area contributed by atoms with Gasteiger partial charge in [-0.3, -0.25) is 35.5 Å². The maximum Gasteiger partial charge on any atom is 4.00 e. The van der Waals surface area contributed by atoms with Crippen molar-refractivity contribution in [1.82, 2.24) is 0 Å². The van der Waals surface area contributed by atoms with Gasteiger partial charge in [-0.1, -0.05) is 39.5 Å². The Balaban J connectivity index is -0.0000000279. The summed E-state index contributed by atoms with van der Waals surface area (Å²) in [6.45, 7) is 23.8. The zero-order valence-corrected chi connectivity index (χ0v) is 28.7. The zero-order chi connectivity index (χ0) is 24.0. The van der Waals surface area contributed by atoms with Crippen LogP contribution in [0.1, 0.15) is 86.0 Å². The molecule has 0 spiro atoms. The van der Waals surface area contributed by atoms with Crippen molar-refractivity contribution in [2.75, 3.05) is 0 Å². The predicted molar refractivity (Wildman–Crippen MR) is 138 cm³/mol. The Morgan fingerprint density at radius 2 is 0.750 bits per heavy atom. The van der Waals surface area contributed by atoms with E-state index in [0.29, 0.717) is 0 Å². The minimum Gasteiger partial charge on any atom is -0.358 e. The van der Waals surface area contributed by atoms with Crippen molar-refractivity contribution in [3.63, 3.8) is 0 Å². The Morgan fingerprint density at radius 1 is 0.531 bits per heavy atom. The summed E-state index contributed by atoms with van der Waals surface area (Å²) in [6, 6.07) is 0. The topological polar surface area (TPSA) is 0 Å². The second-order valence-corrected chi connectivity index (χ2v) is 4.62. The third-order valence-electron chi connectivity index (χ3n) is 2.02. The molecule has 0 radical (unpaired) electrons. The molecule has 0 aromatic rings. The minimum absolute atomic E-state index is 0. The molecule has 0 bridgehead atoms. The molecule has 0 heterocycles. The van der Waals surface area contributed by atoms with Gasteiger partial charge in [-0.2, -0.15) is 12.8 Å². The number of rotatable bonds is 5. The van der Waals surface area contributed by atoms with Crippen molar-refractivity contribution in [2.45, 2.75) is 86.0 Å². The molecule has 0 aliphatic heterocycles. The van der Waals surface area contributed by atoms with Crippen LogP contribution in [0.3, 0.4) is 0 Å². The van der Waals surface area contributed by atoms with Crippen LogP contribution in [0.4, 0.5) is 0 Å². The molecule has 0 saturated heterocycles. The van der Waals surface area contributed by atoms with Crippen LogP contribution in [0.15, 0.2) is 0 Å². The summed E-state index contributed by atoms with van der Waals surface area (Å²) in [5.41, 5.74) is 0. The third kappa shape index (κ3) is 225. The standard InChI is InChI=1S/2C5H11.3C5H3.C4H8.CH3.2Hf/c5*1-3-5-4-2;1-3-4-2;;;/h2*1,3-5H2,2H3;3*1H3;1-4H2;1H3;;/q5*-1;-2;-1;2*+4. The molecule has 0 amide bonds. The van der Waals surface area contributed by atoms with E-state index in [1.165, 1.54) is 25.7 Å². The molecule has 0 saturated carbocycles. The summed E-state index contributed by atoms with van der Waals surface area (Å²) < 4.78 is 0. The van der Waals surface area contributed by atoms with Gasteiger partial charge in [0.15, 0.2) is 0 Å². The Hall–Kier alpha value is -0.900. The van der Waals surface area contributed by atoms with Crippen LogP contribution >= 0.6 is 0 Å². The van der Waals surface area contributed by atoms with Gasteiger partial charge in [-0.25, -0.2) is 30.6 Å². The molecule has 0 aliphatic carbocycles. The first-order valence-electron chi connectivity index (χ1n) is 9.66. The van der Waals surface area contributed by atoms with Crippen LogP contribution in [0.2, 0.25) is 0 Å². The molecule has 0 aromatic heterocycles. The van der Waals surface area contributed by atoms with E-state index >= 15 is 0 Å². The normalized spacial score (nSPS) is 5.06. The first-order chi connectivity index (χ1) is 14.0. The van der Waals surface area contributed by atoms with Crippen LogP contribution in [-0.4, -0.2) is 0 Å². The van der Waals surface area contributed by atoms with E-state index in [1.54, 1.807) is 20.8 Å². The van der Waals surface area contributed by atoms with Crippen LogP contribution < -0.4 is 0 Å². The molecular weight excluding hydrogens is 717 g/mol. The second kappa shape index (κ2) is 98.3. The van der Waals surface area contributed by atoms with Crippen LogP contribution in [0, 0.1) is 108 Å². The average molecular weight is 760 g/mol. The Kier molecular flexibility index (Phi) is 177. The molecule has 2 heteroatoms. The first-order valence-corrected chi connectivity index (χ1v) is 9.66. The molecule has 0 nitrogen and oxygen atoms in total. The largest absolute Gasteiger partial charge is 4.00 e. The van der Waals surface area contributed by atoms with E-state index in [2.05, 4.69) is 77.1 Å². The number of hydrogen-bond donors (Lipinski definition) is 0. The van der Waals surface area contributed by atoms with Crippen molar-refractivity contribution in [1.29, 1.82) is 0 Å². The smallest absolute Gasteiger partial charge is 0.358 e. The first kappa shape index (κ1) is 57.7. The van der Waals surface area contributed by atoms with Crippen molar-refractivity contribution in [3.05, 3.63) is 54.4 Å². The van der Waals surface area contributed by atoms with E-state index in [9.17, 15) is 0 Å². The summed E-state index contributed by atoms with van der Waals surface area (Å²) in [5.74, 6) is 20.0. The molecule has 0 fully saturated rings. The van der Waals surface area contributed by atoms with Crippen molar-refractivity contribution >= 4 is 0 Å². The van der Waals surface area contributed by atoms with Gasteiger partial charge < -0.3 is 54.4 Å². The molecule has 32 heavy (non-hydrogen) atoms. The van der Waals surface area contributed by atoms with Gasteiger partial charge >= 0.3 is 51.7 Å². The summed E-state index contributed by atoms with van der Waals surface area (Å²) in [6.07, 6.45) is 27.8. The molecular formula is C30H42Hf2. The van der Waals surface area contributed by atoms with Gasteiger partial charge in [0.2, 0.25) is 0 Å². The van der Waals surface area contributed by atoms with Crippen molar-refractivity contribution in [2.24, 2.45) is 0 Å². The van der Waals surface area contributed by atoms with E-state index in [-0.39, 0.29) is 59.1 Å². The van der Waals surface area contributed by atoms with Crippen molar-refractivity contribution in [3.8, 4) is 53.3 Å². The molecule has 0 rings (SSSR count). The van der Waals surface area contributed by atoms with Crippen LogP contribution in [-0.2, 0) is 51.7 Å². The van der Waals surface area contributed by atoms with Crippen LogP contribution in [0.25, 0.3) is 0 Å². The fourth-order valence-electron chi connectivity index (χ4n) is 0.687. The molecule has 0 aliphatic rings. The maximum atomic E-state index is 6.18. The SMILES string of the molecule is [C-]#CC#CC.[C-]#CC#CC.[C-]#CC#CC.[CH2-]CCCC.[CH2-]CCCC.[CH2-]CC[CH2-].[CH3-].[Hf+4].[Hf+4]. The zero-order valence-electron chi connectivity index (χ0n) is 21.5. The molecule has 0 atom stereocenters. The maximum absolute atomic E-state index is 6.18. The predicted octanol–water partition coefficient (Wildman–Crippen LogP) is 7.70. The Bertz CT molecular complexity index is 463. The van der Waals surface area contributed by atoms with Gasteiger partial charge in [-0.15, -0.1) is 0 Å². The number of unbranched alkanes of at least 4 members (excludes halogenated alkanes) is 5. The van der Waals surface area contributed by atoms with Gasteiger partial charge in [-0.05, 0) is 20.8 Å². The van der Waals surface area contributed by atoms with Crippen LogP contribution in [0.5, 0.6) is 0 Å². The monoisotopic (exact) mass is 762 g/mol. The average Bonchev–Trinajstić information content (AvgIpc) is 2.73. The quantitative estimate of drug-likeness (QED) is 0.153. The van der Waals surface area contributed by atoms with Gasteiger partial charge in [0.1, 0.15) is 0 Å². The van der Waals surface area contributed by atoms with Gasteiger partial charge in [0, 0.05) is 0 Å². The van der Waals surface area contributed by atoms with E-state index in [1.807, 2.05) is 17.8 Å². The van der Waals surface area contributed by atoms with E-state index < -0.39 is 0 Å². The minimum atomic E-state index is 0. The summed E-state index contributed by atoms with van der Waals surface area (Å²) in [4.78, 5) is 0.